The number of imidazole rings is 1. The van der Waals surface area contributed by atoms with Crippen LogP contribution in [0.3, 0.4) is 0 Å². The standard InChI is InChI=1S/C14H19F3N6/c1-21(8-11-5-18-20-22(11)2)6-10-3-4-13-19-12(14(15,16)17)9-23(13)7-10/h5,9-10H,3-4,6-8H2,1-2H3/t10-/m0/s1. The molecule has 6 nitrogen and oxygen atoms in total. The van der Waals surface area contributed by atoms with Gasteiger partial charge in [0.2, 0.25) is 0 Å². The van der Waals surface area contributed by atoms with Crippen LogP contribution >= 0.6 is 0 Å². The van der Waals surface area contributed by atoms with E-state index in [4.69, 9.17) is 0 Å². The number of hydrogen-bond donors (Lipinski definition) is 0. The maximum absolute atomic E-state index is 12.7. The van der Waals surface area contributed by atoms with Gasteiger partial charge in [-0.25, -0.2) is 4.98 Å². The van der Waals surface area contributed by atoms with E-state index >= 15 is 0 Å². The molecule has 1 aliphatic heterocycles. The smallest absolute Gasteiger partial charge is 0.334 e. The van der Waals surface area contributed by atoms with E-state index in [1.165, 1.54) is 0 Å². The Balaban J connectivity index is 1.61. The lowest BCUT2D eigenvalue weighted by atomic mass is 9.99. The molecule has 0 radical (unpaired) electrons. The van der Waals surface area contributed by atoms with Gasteiger partial charge in [-0.2, -0.15) is 13.2 Å². The minimum absolute atomic E-state index is 0.309. The molecule has 0 aliphatic carbocycles. The summed E-state index contributed by atoms with van der Waals surface area (Å²) in [5, 5.41) is 7.74. The topological polar surface area (TPSA) is 51.8 Å². The highest BCUT2D eigenvalue weighted by Gasteiger charge is 2.35. The molecule has 0 bridgehead atoms. The normalized spacial score (nSPS) is 18.4. The van der Waals surface area contributed by atoms with Crippen LogP contribution in [0.4, 0.5) is 13.2 Å². The molecule has 0 fully saturated rings. The van der Waals surface area contributed by atoms with Gasteiger partial charge in [-0.3, -0.25) is 4.68 Å². The van der Waals surface area contributed by atoms with Gasteiger partial charge in [0.1, 0.15) is 5.82 Å². The number of aromatic nitrogens is 5. The first-order valence-electron chi connectivity index (χ1n) is 7.48. The molecule has 0 N–H and O–H groups in total. The number of alkyl halides is 3. The van der Waals surface area contributed by atoms with E-state index in [1.807, 2.05) is 14.1 Å². The van der Waals surface area contributed by atoms with Crippen LogP contribution in [0.5, 0.6) is 0 Å². The fraction of sp³-hybridized carbons (Fsp3) is 0.643. The molecule has 0 unspecified atom stereocenters. The van der Waals surface area contributed by atoms with Gasteiger partial charge in [0.15, 0.2) is 5.69 Å². The number of halogens is 3. The van der Waals surface area contributed by atoms with Crippen LogP contribution in [0.2, 0.25) is 0 Å². The third-order valence-corrected chi connectivity index (χ3v) is 4.19. The van der Waals surface area contributed by atoms with Crippen molar-refractivity contribution in [3.63, 3.8) is 0 Å². The van der Waals surface area contributed by atoms with Crippen molar-refractivity contribution in [3.05, 3.63) is 29.6 Å². The average Bonchev–Trinajstić information content (AvgIpc) is 3.05. The van der Waals surface area contributed by atoms with Gasteiger partial charge in [-0.15, -0.1) is 5.10 Å². The quantitative estimate of drug-likeness (QED) is 0.858. The lowest BCUT2D eigenvalue weighted by Crippen LogP contribution is -2.31. The Morgan fingerprint density at radius 1 is 1.39 bits per heavy atom. The zero-order valence-electron chi connectivity index (χ0n) is 13.1. The minimum Gasteiger partial charge on any atom is -0.334 e. The van der Waals surface area contributed by atoms with Gasteiger partial charge < -0.3 is 9.47 Å². The maximum Gasteiger partial charge on any atom is 0.434 e. The van der Waals surface area contributed by atoms with E-state index in [0.717, 1.165) is 24.9 Å². The zero-order valence-corrected chi connectivity index (χ0v) is 13.1. The Kier molecular flexibility index (Phi) is 4.13. The second kappa shape index (κ2) is 5.95. The summed E-state index contributed by atoms with van der Waals surface area (Å²) in [4.78, 5) is 5.86. The van der Waals surface area contributed by atoms with Crippen molar-refractivity contribution < 1.29 is 13.2 Å². The van der Waals surface area contributed by atoms with Crippen molar-refractivity contribution in [3.8, 4) is 0 Å². The fourth-order valence-corrected chi connectivity index (χ4v) is 3.04. The van der Waals surface area contributed by atoms with Crippen LogP contribution in [0.1, 0.15) is 23.6 Å². The van der Waals surface area contributed by atoms with Gasteiger partial charge in [-0.1, -0.05) is 5.21 Å². The van der Waals surface area contributed by atoms with E-state index in [1.54, 1.807) is 15.4 Å². The molecular formula is C14H19F3N6. The summed E-state index contributed by atoms with van der Waals surface area (Å²) in [6.07, 6.45) is -0.0826. The van der Waals surface area contributed by atoms with Gasteiger partial charge >= 0.3 is 6.18 Å². The monoisotopic (exact) mass is 328 g/mol. The Morgan fingerprint density at radius 2 is 2.17 bits per heavy atom. The highest BCUT2D eigenvalue weighted by atomic mass is 19.4. The number of aryl methyl sites for hydroxylation is 2. The largest absolute Gasteiger partial charge is 0.434 e. The summed E-state index contributed by atoms with van der Waals surface area (Å²) in [6, 6.07) is 0. The number of fused-ring (bicyclic) bond motifs is 1. The van der Waals surface area contributed by atoms with Crippen molar-refractivity contribution in [2.75, 3.05) is 13.6 Å². The zero-order chi connectivity index (χ0) is 16.6. The maximum atomic E-state index is 12.7. The number of rotatable bonds is 4. The number of nitrogens with zero attached hydrogens (tertiary/aromatic N) is 6. The second-order valence-electron chi connectivity index (χ2n) is 6.14. The lowest BCUT2D eigenvalue weighted by Gasteiger charge is -2.28. The van der Waals surface area contributed by atoms with Crippen molar-refractivity contribution in [1.82, 2.24) is 29.4 Å². The molecule has 0 saturated heterocycles. The molecule has 1 atom stereocenters. The third-order valence-electron chi connectivity index (χ3n) is 4.19. The van der Waals surface area contributed by atoms with Gasteiger partial charge in [0.05, 0.1) is 11.9 Å². The molecule has 0 saturated carbocycles. The van der Waals surface area contributed by atoms with Gasteiger partial charge in [0.25, 0.3) is 0 Å². The van der Waals surface area contributed by atoms with Crippen molar-refractivity contribution in [2.45, 2.75) is 32.1 Å². The first-order chi connectivity index (χ1) is 10.8. The van der Waals surface area contributed by atoms with E-state index < -0.39 is 11.9 Å². The fourth-order valence-electron chi connectivity index (χ4n) is 3.04. The number of hydrogen-bond acceptors (Lipinski definition) is 4. The first kappa shape index (κ1) is 16.0. The molecular weight excluding hydrogens is 309 g/mol. The van der Waals surface area contributed by atoms with E-state index in [9.17, 15) is 13.2 Å². The Hall–Kier alpha value is -1.90. The molecule has 0 aromatic carbocycles. The van der Waals surface area contributed by atoms with E-state index in [2.05, 4.69) is 20.2 Å². The van der Waals surface area contributed by atoms with E-state index in [-0.39, 0.29) is 0 Å². The van der Waals surface area contributed by atoms with Gasteiger partial charge in [0, 0.05) is 39.3 Å². The predicted octanol–water partition coefficient (Wildman–Crippen LogP) is 1.72. The molecule has 2 aromatic heterocycles. The lowest BCUT2D eigenvalue weighted by molar-refractivity contribution is -0.141. The summed E-state index contributed by atoms with van der Waals surface area (Å²) in [6.45, 7) is 2.10. The molecule has 23 heavy (non-hydrogen) atoms. The summed E-state index contributed by atoms with van der Waals surface area (Å²) < 4.78 is 41.6. The van der Waals surface area contributed by atoms with Crippen LogP contribution < -0.4 is 0 Å². The van der Waals surface area contributed by atoms with E-state index in [0.29, 0.717) is 31.3 Å². The SMILES string of the molecule is CN(Cc1cnnn1C)C[C@@H]1CCc2nc(C(F)(F)F)cn2C1. The Labute approximate surface area is 131 Å². The molecule has 0 spiro atoms. The van der Waals surface area contributed by atoms with Crippen LogP contribution in [0, 0.1) is 5.92 Å². The van der Waals surface area contributed by atoms with Crippen LogP contribution in [-0.4, -0.2) is 43.0 Å². The van der Waals surface area contributed by atoms with Crippen molar-refractivity contribution >= 4 is 0 Å². The summed E-state index contributed by atoms with van der Waals surface area (Å²) in [5.74, 6) is 0.844. The minimum atomic E-state index is -4.37. The average molecular weight is 328 g/mol. The molecule has 3 heterocycles. The van der Waals surface area contributed by atoms with Gasteiger partial charge in [-0.05, 0) is 19.4 Å². The van der Waals surface area contributed by atoms with Crippen LogP contribution in [0.25, 0.3) is 0 Å². The Morgan fingerprint density at radius 3 is 2.83 bits per heavy atom. The van der Waals surface area contributed by atoms with Crippen molar-refractivity contribution in [1.29, 1.82) is 0 Å². The summed E-state index contributed by atoms with van der Waals surface area (Å²) in [5.41, 5.74) is 0.216. The molecule has 3 rings (SSSR count). The molecule has 126 valence electrons. The second-order valence-corrected chi connectivity index (χ2v) is 6.14. The predicted molar refractivity (Wildman–Crippen MR) is 76.4 cm³/mol. The molecule has 1 aliphatic rings. The molecule has 2 aromatic rings. The van der Waals surface area contributed by atoms with Crippen LogP contribution in [-0.2, 0) is 32.7 Å². The highest BCUT2D eigenvalue weighted by molar-refractivity contribution is 5.10. The molecule has 9 heteroatoms. The van der Waals surface area contributed by atoms with Crippen molar-refractivity contribution in [2.24, 2.45) is 13.0 Å². The van der Waals surface area contributed by atoms with Crippen LogP contribution in [0.15, 0.2) is 12.4 Å². The molecule has 0 amide bonds. The Bertz CT molecular complexity index is 674. The highest BCUT2D eigenvalue weighted by Crippen LogP contribution is 2.30. The first-order valence-corrected chi connectivity index (χ1v) is 7.48. The third kappa shape index (κ3) is 3.54. The summed E-state index contributed by atoms with van der Waals surface area (Å²) in [7, 11) is 3.84. The summed E-state index contributed by atoms with van der Waals surface area (Å²) >= 11 is 0.